The van der Waals surface area contributed by atoms with Crippen molar-refractivity contribution < 1.29 is 23.6 Å². The standard InChI is InChI=1S/C18H11FN4O4/c1-10-8-11(19)6-7-15(10)22-9-14(20-21-22)18(26)27-23-16(24)12-4-2-3-5-13(12)17(23)25/h2-9H,1H3. The molecule has 9 heteroatoms. The summed E-state index contributed by atoms with van der Waals surface area (Å²) in [7, 11) is 0. The Balaban J connectivity index is 1.56. The molecular weight excluding hydrogens is 355 g/mol. The fraction of sp³-hybridized carbons (Fsp3) is 0.0556. The van der Waals surface area contributed by atoms with Crippen LogP contribution in [-0.2, 0) is 4.84 Å². The van der Waals surface area contributed by atoms with E-state index in [-0.39, 0.29) is 16.8 Å². The average molecular weight is 366 g/mol. The Kier molecular flexibility index (Phi) is 3.76. The summed E-state index contributed by atoms with van der Waals surface area (Å²) in [6.07, 6.45) is 1.26. The number of benzene rings is 2. The lowest BCUT2D eigenvalue weighted by molar-refractivity contribution is -0.0588. The summed E-state index contributed by atoms with van der Waals surface area (Å²) in [6, 6.07) is 10.2. The van der Waals surface area contributed by atoms with Gasteiger partial charge in [-0.25, -0.2) is 13.9 Å². The number of aromatic nitrogens is 3. The van der Waals surface area contributed by atoms with Crippen LogP contribution >= 0.6 is 0 Å². The Morgan fingerprint density at radius 2 is 1.74 bits per heavy atom. The number of fused-ring (bicyclic) bond motifs is 1. The van der Waals surface area contributed by atoms with E-state index in [1.54, 1.807) is 19.1 Å². The first kappa shape index (κ1) is 16.6. The molecule has 27 heavy (non-hydrogen) atoms. The summed E-state index contributed by atoms with van der Waals surface area (Å²) in [5.74, 6) is -2.88. The normalized spacial score (nSPS) is 13.0. The lowest BCUT2D eigenvalue weighted by atomic mass is 10.1. The van der Waals surface area contributed by atoms with E-state index in [2.05, 4.69) is 10.3 Å². The Morgan fingerprint density at radius 1 is 1.07 bits per heavy atom. The van der Waals surface area contributed by atoms with Crippen molar-refractivity contribution in [2.45, 2.75) is 6.92 Å². The largest absolute Gasteiger partial charge is 0.385 e. The maximum atomic E-state index is 13.2. The molecule has 2 aromatic carbocycles. The van der Waals surface area contributed by atoms with Gasteiger partial charge < -0.3 is 4.84 Å². The van der Waals surface area contributed by atoms with Crippen molar-refractivity contribution in [1.82, 2.24) is 20.1 Å². The Morgan fingerprint density at radius 3 is 2.37 bits per heavy atom. The predicted molar refractivity (Wildman–Crippen MR) is 88.4 cm³/mol. The van der Waals surface area contributed by atoms with Crippen molar-refractivity contribution >= 4 is 17.8 Å². The van der Waals surface area contributed by atoms with Crippen LogP contribution in [0, 0.1) is 12.7 Å². The first-order valence-corrected chi connectivity index (χ1v) is 7.84. The van der Waals surface area contributed by atoms with Gasteiger partial charge in [0.05, 0.1) is 23.0 Å². The lowest BCUT2D eigenvalue weighted by Crippen LogP contribution is -2.32. The van der Waals surface area contributed by atoms with E-state index < -0.39 is 23.6 Å². The molecule has 0 unspecified atom stereocenters. The van der Waals surface area contributed by atoms with Gasteiger partial charge in [-0.05, 0) is 42.8 Å². The number of amides is 2. The number of nitrogens with zero attached hydrogens (tertiary/aromatic N) is 4. The molecule has 0 fully saturated rings. The zero-order valence-electron chi connectivity index (χ0n) is 13.9. The second kappa shape index (κ2) is 6.13. The second-order valence-electron chi connectivity index (χ2n) is 5.81. The van der Waals surface area contributed by atoms with Crippen molar-refractivity contribution in [3.05, 3.63) is 76.9 Å². The summed E-state index contributed by atoms with van der Waals surface area (Å²) < 4.78 is 14.5. The first-order valence-electron chi connectivity index (χ1n) is 7.84. The van der Waals surface area contributed by atoms with Crippen molar-refractivity contribution in [2.24, 2.45) is 0 Å². The minimum Gasteiger partial charge on any atom is -0.322 e. The van der Waals surface area contributed by atoms with Crippen molar-refractivity contribution in [3.8, 4) is 5.69 Å². The van der Waals surface area contributed by atoms with E-state index in [1.807, 2.05) is 0 Å². The van der Waals surface area contributed by atoms with E-state index in [1.165, 1.54) is 41.2 Å². The first-order chi connectivity index (χ1) is 13.0. The van der Waals surface area contributed by atoms with Gasteiger partial charge in [0.15, 0.2) is 5.69 Å². The summed E-state index contributed by atoms with van der Waals surface area (Å²) in [6.45, 7) is 1.68. The summed E-state index contributed by atoms with van der Waals surface area (Å²) in [4.78, 5) is 41.7. The topological polar surface area (TPSA) is 94.4 Å². The maximum absolute atomic E-state index is 13.2. The van der Waals surface area contributed by atoms with Gasteiger partial charge in [-0.15, -0.1) is 5.10 Å². The SMILES string of the molecule is Cc1cc(F)ccc1-n1cc(C(=O)ON2C(=O)c3ccccc3C2=O)nn1. The molecule has 2 heterocycles. The van der Waals surface area contributed by atoms with Crippen LogP contribution in [0.25, 0.3) is 5.69 Å². The molecule has 0 saturated carbocycles. The van der Waals surface area contributed by atoms with Gasteiger partial charge in [-0.3, -0.25) is 9.59 Å². The molecule has 3 aromatic rings. The number of carbonyl (C=O) groups is 3. The van der Waals surface area contributed by atoms with Gasteiger partial charge in [-0.2, -0.15) is 0 Å². The van der Waals surface area contributed by atoms with Crippen LogP contribution in [0.2, 0.25) is 0 Å². The monoisotopic (exact) mass is 366 g/mol. The molecule has 4 rings (SSSR count). The van der Waals surface area contributed by atoms with E-state index in [0.717, 1.165) is 0 Å². The van der Waals surface area contributed by atoms with Gasteiger partial charge in [0.1, 0.15) is 5.82 Å². The Hall–Kier alpha value is -3.88. The lowest BCUT2D eigenvalue weighted by Gasteiger charge is -2.11. The van der Waals surface area contributed by atoms with Crippen molar-refractivity contribution in [1.29, 1.82) is 0 Å². The van der Waals surface area contributed by atoms with Crippen LogP contribution in [0.4, 0.5) is 4.39 Å². The molecule has 1 aliphatic heterocycles. The Bertz CT molecular complexity index is 1070. The highest BCUT2D eigenvalue weighted by molar-refractivity contribution is 6.21. The summed E-state index contributed by atoms with van der Waals surface area (Å²) in [5, 5.41) is 7.90. The van der Waals surface area contributed by atoms with Gasteiger partial charge in [0.2, 0.25) is 0 Å². The van der Waals surface area contributed by atoms with Crippen LogP contribution in [0.5, 0.6) is 0 Å². The smallest absolute Gasteiger partial charge is 0.322 e. The molecule has 2 amide bonds. The quantitative estimate of drug-likeness (QED) is 0.659. The third kappa shape index (κ3) is 2.74. The third-order valence-electron chi connectivity index (χ3n) is 4.04. The molecule has 1 aliphatic rings. The van der Waals surface area contributed by atoms with E-state index in [0.29, 0.717) is 16.3 Å². The minimum absolute atomic E-state index is 0.154. The number of hydrogen-bond donors (Lipinski definition) is 0. The Labute approximate surface area is 151 Å². The highest BCUT2D eigenvalue weighted by atomic mass is 19.1. The fourth-order valence-electron chi connectivity index (χ4n) is 2.73. The molecule has 0 aliphatic carbocycles. The fourth-order valence-corrected chi connectivity index (χ4v) is 2.73. The van der Waals surface area contributed by atoms with Crippen LogP contribution in [0.15, 0.2) is 48.7 Å². The maximum Gasteiger partial charge on any atom is 0.385 e. The molecule has 0 bridgehead atoms. The highest BCUT2D eigenvalue weighted by Crippen LogP contribution is 2.23. The molecule has 1 aromatic heterocycles. The van der Waals surface area contributed by atoms with Crippen LogP contribution in [-0.4, -0.2) is 37.8 Å². The molecular formula is C18H11FN4O4. The molecule has 0 spiro atoms. The van der Waals surface area contributed by atoms with E-state index in [4.69, 9.17) is 4.84 Å². The molecule has 0 atom stereocenters. The zero-order chi connectivity index (χ0) is 19.1. The zero-order valence-corrected chi connectivity index (χ0v) is 13.9. The number of hydrogen-bond acceptors (Lipinski definition) is 6. The van der Waals surface area contributed by atoms with Gasteiger partial charge in [-0.1, -0.05) is 22.4 Å². The third-order valence-corrected chi connectivity index (χ3v) is 4.04. The number of aryl methyl sites for hydroxylation is 1. The molecule has 0 N–H and O–H groups in total. The molecule has 0 saturated heterocycles. The molecule has 8 nitrogen and oxygen atoms in total. The van der Waals surface area contributed by atoms with Crippen LogP contribution in [0.3, 0.4) is 0 Å². The number of hydroxylamine groups is 2. The summed E-state index contributed by atoms with van der Waals surface area (Å²) in [5.41, 5.74) is 1.20. The highest BCUT2D eigenvalue weighted by Gasteiger charge is 2.39. The van der Waals surface area contributed by atoms with Crippen molar-refractivity contribution in [3.63, 3.8) is 0 Å². The summed E-state index contributed by atoms with van der Waals surface area (Å²) >= 11 is 0. The predicted octanol–water partition coefficient (Wildman–Crippen LogP) is 2.08. The molecule has 0 radical (unpaired) electrons. The second-order valence-corrected chi connectivity index (χ2v) is 5.81. The molecule has 134 valence electrons. The number of carbonyl (C=O) groups excluding carboxylic acids is 3. The number of imide groups is 1. The van der Waals surface area contributed by atoms with Gasteiger partial charge in [0, 0.05) is 0 Å². The minimum atomic E-state index is -1.02. The van der Waals surface area contributed by atoms with E-state index in [9.17, 15) is 18.8 Å². The van der Waals surface area contributed by atoms with Crippen LogP contribution in [0.1, 0.15) is 36.8 Å². The number of rotatable bonds is 3. The van der Waals surface area contributed by atoms with Crippen molar-refractivity contribution in [2.75, 3.05) is 0 Å². The van der Waals surface area contributed by atoms with Gasteiger partial charge in [0.25, 0.3) is 11.8 Å². The number of halogens is 1. The van der Waals surface area contributed by atoms with Crippen LogP contribution < -0.4 is 0 Å². The van der Waals surface area contributed by atoms with E-state index >= 15 is 0 Å². The average Bonchev–Trinajstić information content (AvgIpc) is 3.22. The van der Waals surface area contributed by atoms with Gasteiger partial charge >= 0.3 is 5.97 Å².